The van der Waals surface area contributed by atoms with Crippen molar-refractivity contribution in [3.8, 4) is 11.6 Å². The van der Waals surface area contributed by atoms with Crippen LogP contribution in [0.5, 0.6) is 0 Å². The minimum absolute atomic E-state index is 0.188. The summed E-state index contributed by atoms with van der Waals surface area (Å²) in [5.74, 6) is 2.12. The van der Waals surface area contributed by atoms with Crippen LogP contribution in [0.25, 0.3) is 11.6 Å². The van der Waals surface area contributed by atoms with Crippen molar-refractivity contribution < 1.29 is 4.52 Å². The molecular weight excluding hydrogens is 254 g/mol. The van der Waals surface area contributed by atoms with E-state index in [1.807, 2.05) is 17.8 Å². The summed E-state index contributed by atoms with van der Waals surface area (Å²) in [5.41, 5.74) is 0. The van der Waals surface area contributed by atoms with Crippen molar-refractivity contribution in [1.82, 2.24) is 25.0 Å². The summed E-state index contributed by atoms with van der Waals surface area (Å²) >= 11 is 0. The molecule has 110 valence electrons. The van der Waals surface area contributed by atoms with E-state index >= 15 is 0 Å². The normalized spacial score (nSPS) is 14.4. The number of imidazole rings is 1. The van der Waals surface area contributed by atoms with Crippen molar-refractivity contribution in [2.75, 3.05) is 6.54 Å². The number of rotatable bonds is 7. The van der Waals surface area contributed by atoms with Gasteiger partial charge in [-0.3, -0.25) is 0 Å². The average molecular weight is 277 g/mol. The van der Waals surface area contributed by atoms with Gasteiger partial charge in [0, 0.05) is 25.5 Å². The number of aromatic nitrogens is 4. The Balaban J connectivity index is 2.13. The highest BCUT2D eigenvalue weighted by atomic mass is 16.5. The standard InChI is InChI=1S/C14H23N5O/c1-5-7-15-11(6-2)10(3)14-17-12(18-20-14)13-16-8-9-19(13)4/h8-11,15H,5-7H2,1-4H3. The first kappa shape index (κ1) is 14.7. The van der Waals surface area contributed by atoms with Crippen molar-refractivity contribution in [2.24, 2.45) is 7.05 Å². The van der Waals surface area contributed by atoms with Crippen LogP contribution in [0, 0.1) is 0 Å². The van der Waals surface area contributed by atoms with Crippen LogP contribution in [0.2, 0.25) is 0 Å². The molecule has 0 saturated carbocycles. The molecule has 2 aromatic rings. The molecule has 0 fully saturated rings. The summed E-state index contributed by atoms with van der Waals surface area (Å²) in [5, 5.41) is 7.56. The van der Waals surface area contributed by atoms with Gasteiger partial charge in [-0.25, -0.2) is 4.98 Å². The molecule has 0 aliphatic rings. The SMILES string of the molecule is CCCNC(CC)C(C)c1nc(-c2nccn2C)no1. The van der Waals surface area contributed by atoms with E-state index in [9.17, 15) is 0 Å². The molecule has 0 aliphatic carbocycles. The second-order valence-electron chi connectivity index (χ2n) is 5.08. The van der Waals surface area contributed by atoms with E-state index in [4.69, 9.17) is 4.52 Å². The lowest BCUT2D eigenvalue weighted by Gasteiger charge is -2.20. The first-order chi connectivity index (χ1) is 9.67. The second kappa shape index (κ2) is 6.65. The van der Waals surface area contributed by atoms with E-state index in [1.165, 1.54) is 0 Å². The number of nitrogens with one attached hydrogen (secondary N) is 1. The molecule has 6 heteroatoms. The smallest absolute Gasteiger partial charge is 0.238 e. The number of aryl methyl sites for hydroxylation is 1. The predicted octanol–water partition coefficient (Wildman–Crippen LogP) is 2.35. The molecule has 0 aliphatic heterocycles. The Morgan fingerprint density at radius 3 is 2.80 bits per heavy atom. The highest BCUT2D eigenvalue weighted by Crippen LogP contribution is 2.22. The van der Waals surface area contributed by atoms with Crippen molar-refractivity contribution in [3.63, 3.8) is 0 Å². The number of hydrogen-bond acceptors (Lipinski definition) is 5. The van der Waals surface area contributed by atoms with Crippen LogP contribution >= 0.6 is 0 Å². The quantitative estimate of drug-likeness (QED) is 0.841. The molecule has 2 heterocycles. The van der Waals surface area contributed by atoms with E-state index in [-0.39, 0.29) is 5.92 Å². The summed E-state index contributed by atoms with van der Waals surface area (Å²) in [4.78, 5) is 8.72. The van der Waals surface area contributed by atoms with Gasteiger partial charge >= 0.3 is 0 Å². The van der Waals surface area contributed by atoms with Gasteiger partial charge in [-0.15, -0.1) is 0 Å². The fourth-order valence-electron chi connectivity index (χ4n) is 2.27. The van der Waals surface area contributed by atoms with Crippen molar-refractivity contribution in [3.05, 3.63) is 18.3 Å². The van der Waals surface area contributed by atoms with E-state index < -0.39 is 0 Å². The van der Waals surface area contributed by atoms with Crippen molar-refractivity contribution >= 4 is 0 Å². The first-order valence-electron chi connectivity index (χ1n) is 7.22. The zero-order chi connectivity index (χ0) is 14.5. The summed E-state index contributed by atoms with van der Waals surface area (Å²) in [6.45, 7) is 7.45. The fraction of sp³-hybridized carbons (Fsp3) is 0.643. The topological polar surface area (TPSA) is 68.8 Å². The van der Waals surface area contributed by atoms with Gasteiger partial charge < -0.3 is 14.4 Å². The second-order valence-corrected chi connectivity index (χ2v) is 5.08. The van der Waals surface area contributed by atoms with E-state index in [1.54, 1.807) is 6.20 Å². The minimum atomic E-state index is 0.188. The van der Waals surface area contributed by atoms with Crippen LogP contribution in [-0.4, -0.2) is 32.3 Å². The lowest BCUT2D eigenvalue weighted by molar-refractivity contribution is 0.319. The predicted molar refractivity (Wildman–Crippen MR) is 77.3 cm³/mol. The maximum absolute atomic E-state index is 5.41. The van der Waals surface area contributed by atoms with Crippen LogP contribution in [0.15, 0.2) is 16.9 Å². The van der Waals surface area contributed by atoms with Crippen LogP contribution in [0.1, 0.15) is 45.4 Å². The summed E-state index contributed by atoms with van der Waals surface area (Å²) in [6.07, 6.45) is 5.74. The Bertz CT molecular complexity index is 533. The molecule has 2 rings (SSSR count). The highest BCUT2D eigenvalue weighted by molar-refractivity contribution is 5.42. The maximum atomic E-state index is 5.41. The molecule has 2 unspecified atom stereocenters. The van der Waals surface area contributed by atoms with Crippen LogP contribution in [0.4, 0.5) is 0 Å². The molecule has 1 N–H and O–H groups in total. The summed E-state index contributed by atoms with van der Waals surface area (Å²) < 4.78 is 7.29. The Hall–Kier alpha value is -1.69. The molecule has 0 amide bonds. The summed E-state index contributed by atoms with van der Waals surface area (Å²) in [6, 6.07) is 0.352. The van der Waals surface area contributed by atoms with Crippen LogP contribution in [0.3, 0.4) is 0 Å². The van der Waals surface area contributed by atoms with Gasteiger partial charge in [0.25, 0.3) is 0 Å². The molecule has 0 saturated heterocycles. The third-order valence-electron chi connectivity index (χ3n) is 3.55. The minimum Gasteiger partial charge on any atom is -0.339 e. The van der Waals surface area contributed by atoms with Gasteiger partial charge in [-0.2, -0.15) is 4.98 Å². The molecule has 2 aromatic heterocycles. The van der Waals surface area contributed by atoms with Gasteiger partial charge in [0.1, 0.15) is 0 Å². The van der Waals surface area contributed by atoms with E-state index in [2.05, 4.69) is 41.2 Å². The summed E-state index contributed by atoms with van der Waals surface area (Å²) in [7, 11) is 1.92. The fourth-order valence-corrected chi connectivity index (χ4v) is 2.27. The average Bonchev–Trinajstić information content (AvgIpc) is 3.07. The highest BCUT2D eigenvalue weighted by Gasteiger charge is 2.23. The van der Waals surface area contributed by atoms with Crippen LogP contribution in [-0.2, 0) is 7.05 Å². The molecule has 0 aromatic carbocycles. The van der Waals surface area contributed by atoms with E-state index in [0.717, 1.165) is 25.2 Å². The Morgan fingerprint density at radius 1 is 1.40 bits per heavy atom. The molecular formula is C14H23N5O. The Morgan fingerprint density at radius 2 is 2.20 bits per heavy atom. The third kappa shape index (κ3) is 3.07. The van der Waals surface area contributed by atoms with Crippen molar-refractivity contribution in [1.29, 1.82) is 0 Å². The Kier molecular flexibility index (Phi) is 4.89. The lowest BCUT2D eigenvalue weighted by Crippen LogP contribution is -2.33. The molecule has 0 spiro atoms. The van der Waals surface area contributed by atoms with E-state index in [0.29, 0.717) is 17.8 Å². The maximum Gasteiger partial charge on any atom is 0.238 e. The van der Waals surface area contributed by atoms with Crippen LogP contribution < -0.4 is 5.32 Å². The molecule has 6 nitrogen and oxygen atoms in total. The van der Waals surface area contributed by atoms with Gasteiger partial charge in [0.2, 0.25) is 11.7 Å². The largest absolute Gasteiger partial charge is 0.339 e. The molecule has 0 radical (unpaired) electrons. The molecule has 20 heavy (non-hydrogen) atoms. The van der Waals surface area contributed by atoms with Crippen molar-refractivity contribution in [2.45, 2.75) is 45.6 Å². The molecule has 0 bridgehead atoms. The zero-order valence-corrected chi connectivity index (χ0v) is 12.6. The monoisotopic (exact) mass is 277 g/mol. The third-order valence-corrected chi connectivity index (χ3v) is 3.55. The van der Waals surface area contributed by atoms with Gasteiger partial charge in [0.05, 0.1) is 5.92 Å². The lowest BCUT2D eigenvalue weighted by atomic mass is 9.99. The number of hydrogen-bond donors (Lipinski definition) is 1. The Labute approximate surface area is 119 Å². The zero-order valence-electron chi connectivity index (χ0n) is 12.6. The van der Waals surface area contributed by atoms with Gasteiger partial charge in [-0.05, 0) is 19.4 Å². The molecule has 2 atom stereocenters. The van der Waals surface area contributed by atoms with Gasteiger partial charge in [0.15, 0.2) is 5.82 Å². The first-order valence-corrected chi connectivity index (χ1v) is 7.22. The number of nitrogens with zero attached hydrogens (tertiary/aromatic N) is 4. The van der Waals surface area contributed by atoms with Gasteiger partial charge in [-0.1, -0.05) is 25.9 Å².